The van der Waals surface area contributed by atoms with Crippen LogP contribution < -0.4 is 10.6 Å². The van der Waals surface area contributed by atoms with Crippen LogP contribution in [0.5, 0.6) is 0 Å². The molecule has 2 nitrogen and oxygen atoms in total. The molecule has 0 aliphatic heterocycles. The van der Waals surface area contributed by atoms with Gasteiger partial charge in [-0.25, -0.2) is 0 Å². The predicted molar refractivity (Wildman–Crippen MR) is 89.4 cm³/mol. The maximum absolute atomic E-state index is 6.37. The van der Waals surface area contributed by atoms with Crippen LogP contribution in [0.25, 0.3) is 0 Å². The summed E-state index contributed by atoms with van der Waals surface area (Å²) >= 11 is 11.3. The van der Waals surface area contributed by atoms with E-state index in [4.69, 9.17) is 29.6 Å². The molecule has 0 heterocycles. The van der Waals surface area contributed by atoms with Crippen LogP contribution in [0.3, 0.4) is 0 Å². The van der Waals surface area contributed by atoms with Crippen LogP contribution in [0.15, 0.2) is 18.2 Å². The Hall–Kier alpha value is -0.800. The third kappa shape index (κ3) is 5.00. The fourth-order valence-corrected chi connectivity index (χ4v) is 2.39. The number of benzene rings is 1. The molecule has 0 radical (unpaired) electrons. The lowest BCUT2D eigenvalue weighted by Crippen LogP contribution is -2.26. The van der Waals surface area contributed by atoms with E-state index in [1.807, 2.05) is 18.2 Å². The minimum Gasteiger partial charge on any atom is -0.389 e. The minimum absolute atomic E-state index is 0.391. The Bertz CT molecular complexity index is 413. The van der Waals surface area contributed by atoms with E-state index in [1.165, 1.54) is 25.7 Å². The quantitative estimate of drug-likeness (QED) is 0.722. The van der Waals surface area contributed by atoms with Gasteiger partial charge in [-0.15, -0.1) is 0 Å². The van der Waals surface area contributed by atoms with Crippen LogP contribution in [-0.2, 0) is 0 Å². The van der Waals surface area contributed by atoms with E-state index in [0.717, 1.165) is 29.4 Å². The molecule has 4 heteroatoms. The average Bonchev–Trinajstić information content (AvgIpc) is 2.39. The van der Waals surface area contributed by atoms with Crippen molar-refractivity contribution in [3.8, 4) is 0 Å². The van der Waals surface area contributed by atoms with E-state index < -0.39 is 0 Å². The molecule has 19 heavy (non-hydrogen) atoms. The Morgan fingerprint density at radius 1 is 1.21 bits per heavy atom. The first kappa shape index (κ1) is 16.3. The molecule has 0 aromatic heterocycles. The zero-order valence-electron chi connectivity index (χ0n) is 11.8. The smallest absolute Gasteiger partial charge is 0.104 e. The molecule has 1 aromatic carbocycles. The largest absolute Gasteiger partial charge is 0.389 e. The van der Waals surface area contributed by atoms with E-state index in [2.05, 4.69) is 18.7 Å². The van der Waals surface area contributed by atoms with Crippen molar-refractivity contribution >= 4 is 34.5 Å². The first-order chi connectivity index (χ1) is 9.10. The summed E-state index contributed by atoms with van der Waals surface area (Å²) in [6.07, 6.45) is 4.73. The Labute approximate surface area is 126 Å². The van der Waals surface area contributed by atoms with Gasteiger partial charge in [0.2, 0.25) is 0 Å². The summed E-state index contributed by atoms with van der Waals surface area (Å²) in [4.78, 5) is 2.75. The highest BCUT2D eigenvalue weighted by atomic mass is 35.5. The highest BCUT2D eigenvalue weighted by Gasteiger charge is 2.11. The van der Waals surface area contributed by atoms with E-state index in [9.17, 15) is 0 Å². The third-order valence-electron chi connectivity index (χ3n) is 3.14. The highest BCUT2D eigenvalue weighted by Crippen LogP contribution is 2.27. The fourth-order valence-electron chi connectivity index (χ4n) is 1.97. The molecule has 0 aliphatic rings. The molecule has 0 bridgehead atoms. The molecule has 2 N–H and O–H groups in total. The second-order valence-electron chi connectivity index (χ2n) is 4.72. The maximum atomic E-state index is 6.37. The van der Waals surface area contributed by atoms with Crippen molar-refractivity contribution in [2.24, 2.45) is 5.73 Å². The SMILES string of the molecule is CCCCN(CCCC)c1ccc(C(N)=S)cc1Cl. The standard InChI is InChI=1S/C15H23ClN2S/c1-3-5-9-18(10-6-4-2)14-8-7-12(15(17)19)11-13(14)16/h7-8,11H,3-6,9-10H2,1-2H3,(H2,17,19). The van der Waals surface area contributed by atoms with Crippen molar-refractivity contribution in [1.29, 1.82) is 0 Å². The monoisotopic (exact) mass is 298 g/mol. The summed E-state index contributed by atoms with van der Waals surface area (Å²) in [6.45, 7) is 6.50. The third-order valence-corrected chi connectivity index (χ3v) is 3.67. The molecule has 0 saturated heterocycles. The van der Waals surface area contributed by atoms with Gasteiger partial charge in [-0.3, -0.25) is 0 Å². The Morgan fingerprint density at radius 2 is 1.79 bits per heavy atom. The molecule has 1 rings (SSSR count). The Morgan fingerprint density at radius 3 is 2.21 bits per heavy atom. The van der Waals surface area contributed by atoms with E-state index in [-0.39, 0.29) is 0 Å². The second-order valence-corrected chi connectivity index (χ2v) is 5.57. The Kier molecular flexibility index (Phi) is 7.17. The van der Waals surface area contributed by atoms with Gasteiger partial charge in [0, 0.05) is 18.7 Å². The van der Waals surface area contributed by atoms with Crippen molar-refractivity contribution < 1.29 is 0 Å². The number of nitrogens with two attached hydrogens (primary N) is 1. The zero-order chi connectivity index (χ0) is 14.3. The molecule has 1 aromatic rings. The molecular formula is C15H23ClN2S. The number of anilines is 1. The maximum Gasteiger partial charge on any atom is 0.104 e. The van der Waals surface area contributed by atoms with Gasteiger partial charge in [0.1, 0.15) is 4.99 Å². The molecule has 0 saturated carbocycles. The van der Waals surface area contributed by atoms with Gasteiger partial charge in [-0.1, -0.05) is 50.5 Å². The van der Waals surface area contributed by atoms with Crippen molar-refractivity contribution in [1.82, 2.24) is 0 Å². The van der Waals surface area contributed by atoms with E-state index >= 15 is 0 Å². The van der Waals surface area contributed by atoms with Crippen LogP contribution in [-0.4, -0.2) is 18.1 Å². The lowest BCUT2D eigenvalue weighted by atomic mass is 10.1. The van der Waals surface area contributed by atoms with Gasteiger partial charge in [-0.05, 0) is 31.0 Å². The van der Waals surface area contributed by atoms with Crippen LogP contribution in [0.1, 0.15) is 45.1 Å². The summed E-state index contributed by atoms with van der Waals surface area (Å²) in [5.41, 5.74) is 7.54. The number of rotatable bonds is 8. The van der Waals surface area contributed by atoms with Crippen LogP contribution in [0, 0.1) is 0 Å². The molecule has 106 valence electrons. The van der Waals surface area contributed by atoms with Gasteiger partial charge in [0.15, 0.2) is 0 Å². The van der Waals surface area contributed by atoms with E-state index in [0.29, 0.717) is 4.99 Å². The van der Waals surface area contributed by atoms with Gasteiger partial charge < -0.3 is 10.6 Å². The summed E-state index contributed by atoms with van der Waals surface area (Å²) in [7, 11) is 0. The van der Waals surface area contributed by atoms with Gasteiger partial charge >= 0.3 is 0 Å². The first-order valence-electron chi connectivity index (χ1n) is 6.94. The van der Waals surface area contributed by atoms with Crippen molar-refractivity contribution in [2.45, 2.75) is 39.5 Å². The second kappa shape index (κ2) is 8.39. The minimum atomic E-state index is 0.391. The summed E-state index contributed by atoms with van der Waals surface area (Å²) in [5, 5.41) is 0.734. The molecule has 0 unspecified atom stereocenters. The number of nitrogens with zero attached hydrogens (tertiary/aromatic N) is 1. The lowest BCUT2D eigenvalue weighted by Gasteiger charge is -2.26. The number of hydrogen-bond donors (Lipinski definition) is 1. The topological polar surface area (TPSA) is 29.3 Å². The highest BCUT2D eigenvalue weighted by molar-refractivity contribution is 7.80. The van der Waals surface area contributed by atoms with Gasteiger partial charge in [0.25, 0.3) is 0 Å². The number of unbranched alkanes of at least 4 members (excludes halogenated alkanes) is 2. The Balaban J connectivity index is 2.90. The summed E-state index contributed by atoms with van der Waals surface area (Å²) in [5.74, 6) is 0. The molecule has 0 fully saturated rings. The predicted octanol–water partition coefficient (Wildman–Crippen LogP) is 4.38. The molecule has 0 aliphatic carbocycles. The number of hydrogen-bond acceptors (Lipinski definition) is 2. The van der Waals surface area contributed by atoms with Crippen molar-refractivity contribution in [3.05, 3.63) is 28.8 Å². The number of halogens is 1. The fraction of sp³-hybridized carbons (Fsp3) is 0.533. The van der Waals surface area contributed by atoms with Crippen molar-refractivity contribution in [3.63, 3.8) is 0 Å². The van der Waals surface area contributed by atoms with Gasteiger partial charge in [-0.2, -0.15) is 0 Å². The van der Waals surface area contributed by atoms with Crippen LogP contribution in [0.4, 0.5) is 5.69 Å². The van der Waals surface area contributed by atoms with E-state index in [1.54, 1.807) is 0 Å². The van der Waals surface area contributed by atoms with Crippen molar-refractivity contribution in [2.75, 3.05) is 18.0 Å². The van der Waals surface area contributed by atoms with Gasteiger partial charge in [0.05, 0.1) is 10.7 Å². The molecule has 0 amide bonds. The van der Waals surface area contributed by atoms with Crippen LogP contribution in [0.2, 0.25) is 5.02 Å². The first-order valence-corrected chi connectivity index (χ1v) is 7.73. The zero-order valence-corrected chi connectivity index (χ0v) is 13.4. The number of thiocarbonyl (C=S) groups is 1. The van der Waals surface area contributed by atoms with Crippen LogP contribution >= 0.6 is 23.8 Å². The molecule has 0 atom stereocenters. The summed E-state index contributed by atoms with van der Waals surface area (Å²) in [6, 6.07) is 5.85. The average molecular weight is 299 g/mol. The summed E-state index contributed by atoms with van der Waals surface area (Å²) < 4.78 is 0. The normalized spacial score (nSPS) is 10.5. The lowest BCUT2D eigenvalue weighted by molar-refractivity contribution is 0.678. The molecule has 0 spiro atoms. The molecular weight excluding hydrogens is 276 g/mol.